The van der Waals surface area contributed by atoms with Gasteiger partial charge in [0.25, 0.3) is 6.43 Å². The summed E-state index contributed by atoms with van der Waals surface area (Å²) < 4.78 is 25.1. The minimum Gasteiger partial charge on any atom is -0.372 e. The normalized spacial score (nSPS) is 13.6. The molecule has 0 aliphatic carbocycles. The van der Waals surface area contributed by atoms with Crippen molar-refractivity contribution < 1.29 is 8.78 Å². The molecule has 0 saturated heterocycles. The molecule has 0 fully saturated rings. The molecular formula is C10H16BrF2N. The third-order valence-electron chi connectivity index (χ3n) is 1.84. The first-order valence-corrected chi connectivity index (χ1v) is 5.32. The highest BCUT2D eigenvalue weighted by Crippen LogP contribution is 2.15. The number of allylic oxidation sites excluding steroid dienone is 4. The smallest absolute Gasteiger partial charge is 0.255 e. The van der Waals surface area contributed by atoms with E-state index in [-0.39, 0.29) is 6.54 Å². The van der Waals surface area contributed by atoms with Gasteiger partial charge in [0.05, 0.1) is 6.54 Å². The molecule has 4 heteroatoms. The van der Waals surface area contributed by atoms with Crippen molar-refractivity contribution in [1.82, 2.24) is 4.90 Å². The lowest BCUT2D eigenvalue weighted by Gasteiger charge is -2.21. The fraction of sp³-hybridized carbons (Fsp3) is 0.600. The molecule has 0 aromatic heterocycles. The van der Waals surface area contributed by atoms with Gasteiger partial charge in [0, 0.05) is 17.2 Å². The van der Waals surface area contributed by atoms with Crippen LogP contribution in [0.2, 0.25) is 0 Å². The van der Waals surface area contributed by atoms with Crippen molar-refractivity contribution >= 4 is 15.9 Å². The fourth-order valence-electron chi connectivity index (χ4n) is 1.05. The number of hydrogen-bond acceptors (Lipinski definition) is 1. The number of hydrogen-bond donors (Lipinski definition) is 0. The van der Waals surface area contributed by atoms with Crippen molar-refractivity contribution in [1.29, 1.82) is 0 Å². The van der Waals surface area contributed by atoms with E-state index in [0.717, 1.165) is 16.6 Å². The van der Waals surface area contributed by atoms with Gasteiger partial charge in [-0.3, -0.25) is 0 Å². The maximum Gasteiger partial charge on any atom is 0.255 e. The van der Waals surface area contributed by atoms with Gasteiger partial charge in [0.2, 0.25) is 0 Å². The zero-order valence-corrected chi connectivity index (χ0v) is 10.3. The molecule has 0 rings (SSSR count). The van der Waals surface area contributed by atoms with E-state index in [4.69, 9.17) is 0 Å². The molecule has 0 heterocycles. The zero-order valence-electron chi connectivity index (χ0n) is 8.73. The lowest BCUT2D eigenvalue weighted by Crippen LogP contribution is -2.23. The SMILES string of the molecule is CC=C(Br)C=C(CC)N(C)CC(F)F. The fourth-order valence-corrected chi connectivity index (χ4v) is 1.31. The number of nitrogens with zero attached hydrogens (tertiary/aromatic N) is 1. The average molecular weight is 268 g/mol. The van der Waals surface area contributed by atoms with Gasteiger partial charge in [0.15, 0.2) is 0 Å². The largest absolute Gasteiger partial charge is 0.372 e. The van der Waals surface area contributed by atoms with Crippen LogP contribution in [0.3, 0.4) is 0 Å². The highest BCUT2D eigenvalue weighted by atomic mass is 79.9. The van der Waals surface area contributed by atoms with E-state index >= 15 is 0 Å². The lowest BCUT2D eigenvalue weighted by molar-refractivity contribution is 0.112. The third-order valence-corrected chi connectivity index (χ3v) is 2.53. The van der Waals surface area contributed by atoms with E-state index in [0.29, 0.717) is 0 Å². The maximum absolute atomic E-state index is 12.1. The summed E-state index contributed by atoms with van der Waals surface area (Å²) in [6.07, 6.45) is 2.19. The number of halogens is 3. The van der Waals surface area contributed by atoms with E-state index in [1.165, 1.54) is 0 Å². The first-order valence-electron chi connectivity index (χ1n) is 4.52. The monoisotopic (exact) mass is 267 g/mol. The summed E-state index contributed by atoms with van der Waals surface area (Å²) in [4.78, 5) is 1.58. The van der Waals surface area contributed by atoms with Crippen molar-refractivity contribution in [3.05, 3.63) is 22.3 Å². The van der Waals surface area contributed by atoms with Crippen LogP contribution in [0.4, 0.5) is 8.78 Å². The minimum absolute atomic E-state index is 0.219. The van der Waals surface area contributed by atoms with Crippen molar-refractivity contribution in [3.63, 3.8) is 0 Å². The summed E-state index contributed by atoms with van der Waals surface area (Å²) in [6.45, 7) is 3.62. The average Bonchev–Trinajstić information content (AvgIpc) is 2.12. The van der Waals surface area contributed by atoms with E-state index in [1.54, 1.807) is 11.9 Å². The van der Waals surface area contributed by atoms with Gasteiger partial charge in [0.1, 0.15) is 0 Å². The maximum atomic E-state index is 12.1. The summed E-state index contributed by atoms with van der Waals surface area (Å²) >= 11 is 3.32. The molecule has 0 saturated carbocycles. The molecule has 0 aromatic carbocycles. The molecule has 0 bridgehead atoms. The van der Waals surface area contributed by atoms with Gasteiger partial charge in [-0.05, 0) is 19.4 Å². The van der Waals surface area contributed by atoms with Crippen LogP contribution < -0.4 is 0 Å². The second kappa shape index (κ2) is 6.98. The Morgan fingerprint density at radius 1 is 1.50 bits per heavy atom. The van der Waals surface area contributed by atoms with Crippen molar-refractivity contribution in [2.24, 2.45) is 0 Å². The third kappa shape index (κ3) is 5.37. The second-order valence-electron chi connectivity index (χ2n) is 2.93. The van der Waals surface area contributed by atoms with Gasteiger partial charge >= 0.3 is 0 Å². The minimum atomic E-state index is -2.29. The van der Waals surface area contributed by atoms with Gasteiger partial charge in [-0.1, -0.05) is 28.9 Å². The summed E-state index contributed by atoms with van der Waals surface area (Å²) in [7, 11) is 1.68. The number of alkyl halides is 2. The van der Waals surface area contributed by atoms with E-state index in [2.05, 4.69) is 15.9 Å². The predicted octanol–water partition coefficient (Wildman–Crippen LogP) is 3.78. The molecular weight excluding hydrogens is 252 g/mol. The molecule has 0 N–H and O–H groups in total. The van der Waals surface area contributed by atoms with Crippen LogP contribution in [0.15, 0.2) is 22.3 Å². The second-order valence-corrected chi connectivity index (χ2v) is 3.85. The zero-order chi connectivity index (χ0) is 11.1. The summed E-state index contributed by atoms with van der Waals surface area (Å²) in [5, 5.41) is 0. The molecule has 0 aromatic rings. The Kier molecular flexibility index (Phi) is 6.79. The molecule has 82 valence electrons. The quantitative estimate of drug-likeness (QED) is 0.686. The van der Waals surface area contributed by atoms with Gasteiger partial charge in [-0.2, -0.15) is 0 Å². The molecule has 14 heavy (non-hydrogen) atoms. The van der Waals surface area contributed by atoms with Crippen molar-refractivity contribution in [3.8, 4) is 0 Å². The number of rotatable bonds is 5. The molecule has 0 spiro atoms. The topological polar surface area (TPSA) is 3.24 Å². The Bertz CT molecular complexity index is 224. The molecule has 0 amide bonds. The highest BCUT2D eigenvalue weighted by molar-refractivity contribution is 9.11. The molecule has 0 aliphatic rings. The molecule has 0 radical (unpaired) electrons. The Hall–Kier alpha value is -0.380. The summed E-state index contributed by atoms with van der Waals surface area (Å²) in [6, 6.07) is 0. The first-order chi connectivity index (χ1) is 6.51. The van der Waals surface area contributed by atoms with Crippen LogP contribution in [0.25, 0.3) is 0 Å². The van der Waals surface area contributed by atoms with Gasteiger partial charge in [-0.15, -0.1) is 0 Å². The standard InChI is InChI=1S/C10H16BrF2N/c1-4-8(11)6-9(5-2)14(3)7-10(12)13/h4,6,10H,5,7H2,1-3H3. The lowest BCUT2D eigenvalue weighted by atomic mass is 10.2. The van der Waals surface area contributed by atoms with Crippen molar-refractivity contribution in [2.75, 3.05) is 13.6 Å². The van der Waals surface area contributed by atoms with Crippen LogP contribution in [0.5, 0.6) is 0 Å². The van der Waals surface area contributed by atoms with Gasteiger partial charge in [-0.25, -0.2) is 8.78 Å². The molecule has 1 nitrogen and oxygen atoms in total. The van der Waals surface area contributed by atoms with Crippen LogP contribution in [-0.2, 0) is 0 Å². The Balaban J connectivity index is 4.47. The summed E-state index contributed by atoms with van der Waals surface area (Å²) in [5.74, 6) is 0. The Morgan fingerprint density at radius 3 is 2.43 bits per heavy atom. The highest BCUT2D eigenvalue weighted by Gasteiger charge is 2.09. The van der Waals surface area contributed by atoms with Crippen LogP contribution in [0.1, 0.15) is 20.3 Å². The van der Waals surface area contributed by atoms with Crippen LogP contribution in [-0.4, -0.2) is 24.9 Å². The van der Waals surface area contributed by atoms with Gasteiger partial charge < -0.3 is 4.90 Å². The van der Waals surface area contributed by atoms with E-state index < -0.39 is 6.43 Å². The van der Waals surface area contributed by atoms with Crippen molar-refractivity contribution in [2.45, 2.75) is 26.7 Å². The first kappa shape index (κ1) is 13.6. The van der Waals surface area contributed by atoms with E-state index in [9.17, 15) is 8.78 Å². The van der Waals surface area contributed by atoms with Crippen LogP contribution in [0, 0.1) is 0 Å². The molecule has 0 unspecified atom stereocenters. The van der Waals surface area contributed by atoms with Crippen LogP contribution >= 0.6 is 15.9 Å². The Morgan fingerprint density at radius 2 is 2.07 bits per heavy atom. The molecule has 0 atom stereocenters. The molecule has 0 aliphatic heterocycles. The Labute approximate surface area is 92.6 Å². The van der Waals surface area contributed by atoms with E-state index in [1.807, 2.05) is 26.0 Å². The predicted molar refractivity (Wildman–Crippen MR) is 59.7 cm³/mol. The summed E-state index contributed by atoms with van der Waals surface area (Å²) in [5.41, 5.74) is 0.898.